The van der Waals surface area contributed by atoms with Gasteiger partial charge in [-0.05, 0) is 36.8 Å². The zero-order valence-corrected chi connectivity index (χ0v) is 15.3. The van der Waals surface area contributed by atoms with Crippen LogP contribution >= 0.6 is 11.8 Å². The summed E-state index contributed by atoms with van der Waals surface area (Å²) in [7, 11) is 0. The van der Waals surface area contributed by atoms with Gasteiger partial charge in [-0.25, -0.2) is 4.39 Å². The van der Waals surface area contributed by atoms with Crippen LogP contribution in [0, 0.1) is 12.7 Å². The lowest BCUT2D eigenvalue weighted by molar-refractivity contribution is -0.146. The van der Waals surface area contributed by atoms with Crippen molar-refractivity contribution in [3.8, 4) is 0 Å². The Morgan fingerprint density at radius 2 is 2.04 bits per heavy atom. The van der Waals surface area contributed by atoms with Crippen molar-refractivity contribution in [3.05, 3.63) is 53.8 Å². The number of amides is 2. The molecule has 1 aliphatic rings. The number of esters is 1. The third kappa shape index (κ3) is 4.65. The lowest BCUT2D eigenvalue weighted by Crippen LogP contribution is -2.40. The van der Waals surface area contributed by atoms with Crippen molar-refractivity contribution in [1.82, 2.24) is 0 Å². The first-order valence-electron chi connectivity index (χ1n) is 8.18. The van der Waals surface area contributed by atoms with Gasteiger partial charge in [0.15, 0.2) is 6.61 Å². The van der Waals surface area contributed by atoms with E-state index in [9.17, 15) is 18.8 Å². The highest BCUT2D eigenvalue weighted by Gasteiger charge is 2.26. The summed E-state index contributed by atoms with van der Waals surface area (Å²) in [5.74, 6) is -1.69. The van der Waals surface area contributed by atoms with Crippen LogP contribution in [0.25, 0.3) is 0 Å². The molecule has 0 radical (unpaired) electrons. The summed E-state index contributed by atoms with van der Waals surface area (Å²) in [4.78, 5) is 38.3. The zero-order chi connectivity index (χ0) is 19.4. The number of rotatable bonds is 5. The monoisotopic (exact) mass is 388 g/mol. The Morgan fingerprint density at radius 1 is 1.26 bits per heavy atom. The Labute approximate surface area is 159 Å². The second-order valence-corrected chi connectivity index (χ2v) is 6.93. The van der Waals surface area contributed by atoms with Gasteiger partial charge < -0.3 is 10.1 Å². The van der Waals surface area contributed by atoms with E-state index in [1.54, 1.807) is 25.1 Å². The Hall–Kier alpha value is -2.87. The molecule has 2 aromatic carbocycles. The smallest absolute Gasteiger partial charge is 0.326 e. The number of hydrogen-bond acceptors (Lipinski definition) is 5. The van der Waals surface area contributed by atoms with Gasteiger partial charge in [0.1, 0.15) is 12.4 Å². The van der Waals surface area contributed by atoms with Crippen molar-refractivity contribution in [2.45, 2.75) is 11.8 Å². The number of carbonyl (C=O) groups excluding carboxylic acids is 3. The quantitative estimate of drug-likeness (QED) is 0.797. The van der Waals surface area contributed by atoms with E-state index in [1.165, 1.54) is 28.8 Å². The van der Waals surface area contributed by atoms with E-state index >= 15 is 0 Å². The van der Waals surface area contributed by atoms with Crippen molar-refractivity contribution in [3.63, 3.8) is 0 Å². The second kappa shape index (κ2) is 8.22. The molecular formula is C19H17FN2O4S. The van der Waals surface area contributed by atoms with Gasteiger partial charge in [-0.3, -0.25) is 19.3 Å². The van der Waals surface area contributed by atoms with Crippen LogP contribution in [0.2, 0.25) is 0 Å². The van der Waals surface area contributed by atoms with Gasteiger partial charge in [-0.1, -0.05) is 18.2 Å². The predicted molar refractivity (Wildman–Crippen MR) is 100 cm³/mol. The van der Waals surface area contributed by atoms with E-state index in [0.29, 0.717) is 11.3 Å². The Balaban J connectivity index is 1.54. The fourth-order valence-electron chi connectivity index (χ4n) is 2.52. The summed E-state index contributed by atoms with van der Waals surface area (Å²) < 4.78 is 18.4. The maximum Gasteiger partial charge on any atom is 0.326 e. The lowest BCUT2D eigenvalue weighted by Gasteiger charge is -2.27. The fourth-order valence-corrected chi connectivity index (χ4v) is 3.45. The summed E-state index contributed by atoms with van der Waals surface area (Å²) in [5, 5.41) is 2.45. The highest BCUT2D eigenvalue weighted by molar-refractivity contribution is 8.00. The molecule has 1 heterocycles. The maximum absolute atomic E-state index is 13.5. The molecule has 27 heavy (non-hydrogen) atoms. The number of nitrogens with one attached hydrogen (secondary N) is 1. The highest BCUT2D eigenvalue weighted by atomic mass is 32.2. The Kier molecular flexibility index (Phi) is 5.75. The van der Waals surface area contributed by atoms with E-state index in [0.717, 1.165) is 4.90 Å². The van der Waals surface area contributed by atoms with Gasteiger partial charge in [0, 0.05) is 10.6 Å². The molecule has 1 aliphatic heterocycles. The Morgan fingerprint density at radius 3 is 2.81 bits per heavy atom. The first kappa shape index (κ1) is 18.9. The number of fused-ring (bicyclic) bond motifs is 1. The molecule has 0 spiro atoms. The molecule has 0 aliphatic carbocycles. The lowest BCUT2D eigenvalue weighted by atomic mass is 10.2. The standard InChI is InChI=1S/C19H17FN2O4S/c1-12-6-7-13(8-14(12)20)21-17(23)10-26-19(25)9-22-15-4-2-3-5-16(15)27-11-18(22)24/h2-8H,9-11H2,1H3,(H,21,23). The molecule has 0 unspecified atom stereocenters. The largest absolute Gasteiger partial charge is 0.454 e. The van der Waals surface area contributed by atoms with E-state index in [-0.39, 0.29) is 23.9 Å². The molecular weight excluding hydrogens is 371 g/mol. The molecule has 3 rings (SSSR count). The van der Waals surface area contributed by atoms with Gasteiger partial charge in [-0.15, -0.1) is 11.8 Å². The summed E-state index contributed by atoms with van der Waals surface area (Å²) in [6, 6.07) is 11.6. The number of thioether (sulfide) groups is 1. The maximum atomic E-state index is 13.5. The third-order valence-corrected chi connectivity index (χ3v) is 4.96. The number of para-hydroxylation sites is 1. The van der Waals surface area contributed by atoms with Gasteiger partial charge >= 0.3 is 5.97 Å². The summed E-state index contributed by atoms with van der Waals surface area (Å²) in [6.45, 7) is 0.816. The molecule has 8 heteroatoms. The van der Waals surface area contributed by atoms with E-state index in [2.05, 4.69) is 5.32 Å². The van der Waals surface area contributed by atoms with E-state index in [4.69, 9.17) is 4.74 Å². The number of carbonyl (C=O) groups is 3. The fraction of sp³-hybridized carbons (Fsp3) is 0.211. The number of halogens is 1. The van der Waals surface area contributed by atoms with Crippen molar-refractivity contribution in [1.29, 1.82) is 0 Å². The van der Waals surface area contributed by atoms with Gasteiger partial charge in [0.25, 0.3) is 5.91 Å². The topological polar surface area (TPSA) is 75.7 Å². The van der Waals surface area contributed by atoms with Crippen LogP contribution in [0.5, 0.6) is 0 Å². The molecule has 0 fully saturated rings. The van der Waals surface area contributed by atoms with Crippen molar-refractivity contribution >= 4 is 40.9 Å². The van der Waals surface area contributed by atoms with Crippen LogP contribution in [0.4, 0.5) is 15.8 Å². The minimum atomic E-state index is -0.699. The molecule has 0 saturated heterocycles. The first-order chi connectivity index (χ1) is 12.9. The molecule has 140 valence electrons. The summed E-state index contributed by atoms with van der Waals surface area (Å²) in [6.07, 6.45) is 0. The number of hydrogen-bond donors (Lipinski definition) is 1. The van der Waals surface area contributed by atoms with E-state index < -0.39 is 24.3 Å². The van der Waals surface area contributed by atoms with Crippen LogP contribution in [-0.4, -0.2) is 36.7 Å². The molecule has 0 aromatic heterocycles. The minimum absolute atomic E-state index is 0.199. The van der Waals surface area contributed by atoms with Crippen LogP contribution < -0.4 is 10.2 Å². The highest BCUT2D eigenvalue weighted by Crippen LogP contribution is 2.34. The number of aryl methyl sites for hydroxylation is 1. The Bertz CT molecular complexity index is 903. The van der Waals surface area contributed by atoms with Crippen LogP contribution in [0.3, 0.4) is 0 Å². The van der Waals surface area contributed by atoms with Crippen molar-refractivity contribution in [2.75, 3.05) is 29.1 Å². The van der Waals surface area contributed by atoms with Crippen LogP contribution in [0.15, 0.2) is 47.4 Å². The third-order valence-electron chi connectivity index (χ3n) is 3.92. The van der Waals surface area contributed by atoms with Crippen LogP contribution in [0.1, 0.15) is 5.56 Å². The number of anilines is 2. The average Bonchev–Trinajstić information content (AvgIpc) is 2.65. The number of ether oxygens (including phenoxy) is 1. The number of benzene rings is 2. The van der Waals surface area contributed by atoms with Gasteiger partial charge in [-0.2, -0.15) is 0 Å². The van der Waals surface area contributed by atoms with Gasteiger partial charge in [0.2, 0.25) is 5.91 Å². The summed E-state index contributed by atoms with van der Waals surface area (Å²) in [5.41, 5.74) is 1.38. The molecule has 0 atom stereocenters. The normalized spacial score (nSPS) is 13.1. The molecule has 0 saturated carbocycles. The van der Waals surface area contributed by atoms with Crippen molar-refractivity contribution in [2.24, 2.45) is 0 Å². The van der Waals surface area contributed by atoms with Gasteiger partial charge in [0.05, 0.1) is 11.4 Å². The number of nitrogens with zero attached hydrogens (tertiary/aromatic N) is 1. The molecule has 0 bridgehead atoms. The average molecular weight is 388 g/mol. The zero-order valence-electron chi connectivity index (χ0n) is 14.5. The van der Waals surface area contributed by atoms with Crippen LogP contribution in [-0.2, 0) is 19.1 Å². The predicted octanol–water partition coefficient (Wildman–Crippen LogP) is 2.75. The molecule has 2 amide bonds. The summed E-state index contributed by atoms with van der Waals surface area (Å²) >= 11 is 1.41. The molecule has 1 N–H and O–H groups in total. The first-order valence-corrected chi connectivity index (χ1v) is 9.16. The molecule has 6 nitrogen and oxygen atoms in total. The van der Waals surface area contributed by atoms with E-state index in [1.807, 2.05) is 12.1 Å². The molecule has 2 aromatic rings. The minimum Gasteiger partial charge on any atom is -0.454 e. The SMILES string of the molecule is Cc1ccc(NC(=O)COC(=O)CN2C(=O)CSc3ccccc32)cc1F. The second-order valence-electron chi connectivity index (χ2n) is 5.91. The van der Waals surface area contributed by atoms with Crippen molar-refractivity contribution < 1.29 is 23.5 Å².